The lowest BCUT2D eigenvalue weighted by Gasteiger charge is -2.21. The summed E-state index contributed by atoms with van der Waals surface area (Å²) >= 11 is 0. The predicted octanol–water partition coefficient (Wildman–Crippen LogP) is 2.14. The standard InChI is InChI=1S/C13H19F2N3O/c1-3-5-16-11-9(14)7-10(15)12(17-11)18-6-4-13(2,19)8-18/h7,19H,3-6,8H2,1-2H3,(H,16,17). The average Bonchev–Trinajstić information content (AvgIpc) is 2.68. The van der Waals surface area contributed by atoms with E-state index < -0.39 is 17.2 Å². The Morgan fingerprint density at radius 2 is 2.21 bits per heavy atom. The highest BCUT2D eigenvalue weighted by Crippen LogP contribution is 2.29. The van der Waals surface area contributed by atoms with Crippen LogP contribution in [0, 0.1) is 11.6 Å². The number of aromatic nitrogens is 1. The summed E-state index contributed by atoms with van der Waals surface area (Å²) in [6, 6.07) is 0.841. The van der Waals surface area contributed by atoms with E-state index in [1.165, 1.54) is 0 Å². The molecule has 0 saturated carbocycles. The van der Waals surface area contributed by atoms with Gasteiger partial charge >= 0.3 is 0 Å². The minimum Gasteiger partial charge on any atom is -0.388 e. The summed E-state index contributed by atoms with van der Waals surface area (Å²) in [6.45, 7) is 5.04. The zero-order chi connectivity index (χ0) is 14.0. The van der Waals surface area contributed by atoms with Crippen molar-refractivity contribution < 1.29 is 13.9 Å². The summed E-state index contributed by atoms with van der Waals surface area (Å²) in [5.74, 6) is -1.24. The van der Waals surface area contributed by atoms with E-state index in [9.17, 15) is 13.9 Å². The van der Waals surface area contributed by atoms with Crippen LogP contribution in [0.3, 0.4) is 0 Å². The molecule has 0 spiro atoms. The summed E-state index contributed by atoms with van der Waals surface area (Å²) in [6.07, 6.45) is 1.37. The van der Waals surface area contributed by atoms with Gasteiger partial charge in [0.25, 0.3) is 0 Å². The number of halogens is 2. The van der Waals surface area contributed by atoms with Gasteiger partial charge in [0.2, 0.25) is 0 Å². The molecule has 1 aliphatic heterocycles. The number of aliphatic hydroxyl groups is 1. The molecule has 1 saturated heterocycles. The maximum Gasteiger partial charge on any atom is 0.168 e. The molecule has 4 nitrogen and oxygen atoms in total. The molecule has 19 heavy (non-hydrogen) atoms. The van der Waals surface area contributed by atoms with Crippen LogP contribution in [-0.4, -0.2) is 35.3 Å². The minimum absolute atomic E-state index is 0.0600. The van der Waals surface area contributed by atoms with E-state index in [1.807, 2.05) is 6.92 Å². The molecule has 0 bridgehead atoms. The number of hydrogen-bond acceptors (Lipinski definition) is 4. The van der Waals surface area contributed by atoms with E-state index in [-0.39, 0.29) is 11.6 Å². The summed E-state index contributed by atoms with van der Waals surface area (Å²) in [4.78, 5) is 5.66. The van der Waals surface area contributed by atoms with Crippen LogP contribution in [0.2, 0.25) is 0 Å². The molecule has 1 aliphatic rings. The smallest absolute Gasteiger partial charge is 0.168 e. The molecule has 1 unspecified atom stereocenters. The minimum atomic E-state index is -0.848. The molecule has 1 aromatic heterocycles. The van der Waals surface area contributed by atoms with Crippen molar-refractivity contribution in [2.24, 2.45) is 0 Å². The zero-order valence-corrected chi connectivity index (χ0v) is 11.2. The van der Waals surface area contributed by atoms with Crippen LogP contribution in [0.5, 0.6) is 0 Å². The van der Waals surface area contributed by atoms with Gasteiger partial charge in [0.05, 0.1) is 5.60 Å². The normalized spacial score (nSPS) is 22.9. The fourth-order valence-corrected chi connectivity index (χ4v) is 2.17. The van der Waals surface area contributed by atoms with Crippen molar-refractivity contribution in [1.29, 1.82) is 0 Å². The van der Waals surface area contributed by atoms with Gasteiger partial charge in [-0.2, -0.15) is 0 Å². The third kappa shape index (κ3) is 3.12. The highest BCUT2D eigenvalue weighted by atomic mass is 19.1. The maximum absolute atomic E-state index is 13.8. The van der Waals surface area contributed by atoms with Crippen LogP contribution in [0.1, 0.15) is 26.7 Å². The van der Waals surface area contributed by atoms with Crippen LogP contribution in [-0.2, 0) is 0 Å². The molecule has 2 rings (SSSR count). The Bertz CT molecular complexity index is 465. The van der Waals surface area contributed by atoms with Gasteiger partial charge in [-0.25, -0.2) is 13.8 Å². The number of nitrogens with zero attached hydrogens (tertiary/aromatic N) is 2. The lowest BCUT2D eigenvalue weighted by atomic mass is 10.1. The first kappa shape index (κ1) is 14.0. The largest absolute Gasteiger partial charge is 0.388 e. The van der Waals surface area contributed by atoms with E-state index in [1.54, 1.807) is 11.8 Å². The molecule has 0 aliphatic carbocycles. The molecule has 0 amide bonds. The molecule has 106 valence electrons. The van der Waals surface area contributed by atoms with E-state index in [2.05, 4.69) is 10.3 Å². The quantitative estimate of drug-likeness (QED) is 0.881. The SMILES string of the molecule is CCCNc1nc(N2CCC(C)(O)C2)c(F)cc1F. The number of pyridine rings is 1. The third-order valence-electron chi connectivity index (χ3n) is 3.20. The first-order valence-electron chi connectivity index (χ1n) is 6.50. The van der Waals surface area contributed by atoms with Gasteiger partial charge in [-0.3, -0.25) is 0 Å². The first-order chi connectivity index (χ1) is 8.93. The Kier molecular flexibility index (Phi) is 3.89. The maximum atomic E-state index is 13.8. The molecule has 1 atom stereocenters. The molecular weight excluding hydrogens is 252 g/mol. The van der Waals surface area contributed by atoms with Crippen molar-refractivity contribution in [2.45, 2.75) is 32.3 Å². The fourth-order valence-electron chi connectivity index (χ4n) is 2.17. The second kappa shape index (κ2) is 5.28. The summed E-state index contributed by atoms with van der Waals surface area (Å²) in [5, 5.41) is 12.7. The van der Waals surface area contributed by atoms with Crippen molar-refractivity contribution in [3.63, 3.8) is 0 Å². The Hall–Kier alpha value is -1.43. The number of nitrogens with one attached hydrogen (secondary N) is 1. The van der Waals surface area contributed by atoms with Gasteiger partial charge in [0.15, 0.2) is 23.3 Å². The van der Waals surface area contributed by atoms with Gasteiger partial charge < -0.3 is 15.3 Å². The van der Waals surface area contributed by atoms with Crippen molar-refractivity contribution in [3.8, 4) is 0 Å². The topological polar surface area (TPSA) is 48.4 Å². The summed E-state index contributed by atoms with van der Waals surface area (Å²) in [5.41, 5.74) is -0.848. The van der Waals surface area contributed by atoms with Crippen LogP contribution in [0.15, 0.2) is 6.07 Å². The van der Waals surface area contributed by atoms with E-state index in [0.717, 1.165) is 12.5 Å². The highest BCUT2D eigenvalue weighted by molar-refractivity contribution is 5.50. The van der Waals surface area contributed by atoms with Crippen LogP contribution in [0.25, 0.3) is 0 Å². The second-order valence-corrected chi connectivity index (χ2v) is 5.22. The summed E-state index contributed by atoms with van der Waals surface area (Å²) in [7, 11) is 0. The van der Waals surface area contributed by atoms with Crippen molar-refractivity contribution in [3.05, 3.63) is 17.7 Å². The van der Waals surface area contributed by atoms with Crippen molar-refractivity contribution >= 4 is 11.6 Å². The van der Waals surface area contributed by atoms with E-state index in [4.69, 9.17) is 0 Å². The number of anilines is 2. The number of β-amino-alcohol motifs (C(OH)–C–C–N with tert-alkyl or cyclic N) is 1. The van der Waals surface area contributed by atoms with Crippen LogP contribution < -0.4 is 10.2 Å². The summed E-state index contributed by atoms with van der Waals surface area (Å²) < 4.78 is 27.4. The lowest BCUT2D eigenvalue weighted by molar-refractivity contribution is 0.0838. The van der Waals surface area contributed by atoms with E-state index >= 15 is 0 Å². The Labute approximate surface area is 111 Å². The molecule has 6 heteroatoms. The zero-order valence-electron chi connectivity index (χ0n) is 11.2. The molecule has 0 aromatic carbocycles. The van der Waals surface area contributed by atoms with Gasteiger partial charge in [-0.1, -0.05) is 6.92 Å². The Morgan fingerprint density at radius 3 is 2.79 bits per heavy atom. The van der Waals surface area contributed by atoms with Gasteiger partial charge in [-0.15, -0.1) is 0 Å². The molecule has 2 N–H and O–H groups in total. The Balaban J connectivity index is 2.25. The van der Waals surface area contributed by atoms with Gasteiger partial charge in [0.1, 0.15) is 0 Å². The highest BCUT2D eigenvalue weighted by Gasteiger charge is 2.33. The number of rotatable bonds is 4. The Morgan fingerprint density at radius 1 is 1.47 bits per heavy atom. The second-order valence-electron chi connectivity index (χ2n) is 5.22. The van der Waals surface area contributed by atoms with Gasteiger partial charge in [0, 0.05) is 25.7 Å². The number of hydrogen-bond donors (Lipinski definition) is 2. The van der Waals surface area contributed by atoms with Crippen LogP contribution >= 0.6 is 0 Å². The monoisotopic (exact) mass is 271 g/mol. The predicted molar refractivity (Wildman–Crippen MR) is 70.4 cm³/mol. The van der Waals surface area contributed by atoms with Crippen molar-refractivity contribution in [2.75, 3.05) is 29.9 Å². The molecule has 1 fully saturated rings. The molecule has 2 heterocycles. The lowest BCUT2D eigenvalue weighted by Crippen LogP contribution is -2.30. The average molecular weight is 271 g/mol. The van der Waals surface area contributed by atoms with Gasteiger partial charge in [-0.05, 0) is 19.8 Å². The fraction of sp³-hybridized carbons (Fsp3) is 0.615. The molecular formula is C13H19F2N3O. The molecule has 0 radical (unpaired) electrons. The molecule has 1 aromatic rings. The van der Waals surface area contributed by atoms with Crippen LogP contribution in [0.4, 0.5) is 20.4 Å². The first-order valence-corrected chi connectivity index (χ1v) is 6.50. The third-order valence-corrected chi connectivity index (χ3v) is 3.20. The van der Waals surface area contributed by atoms with Crippen molar-refractivity contribution in [1.82, 2.24) is 4.98 Å². The van der Waals surface area contributed by atoms with E-state index in [0.29, 0.717) is 26.1 Å².